The van der Waals surface area contributed by atoms with E-state index < -0.39 is 0 Å². The van der Waals surface area contributed by atoms with Gasteiger partial charge in [-0.2, -0.15) is 0 Å². The van der Waals surface area contributed by atoms with Crippen LogP contribution in [-0.2, 0) is 0 Å². The van der Waals surface area contributed by atoms with E-state index in [9.17, 15) is 0 Å². The van der Waals surface area contributed by atoms with Crippen molar-refractivity contribution in [3.63, 3.8) is 0 Å². The summed E-state index contributed by atoms with van der Waals surface area (Å²) in [6.45, 7) is 0. The van der Waals surface area contributed by atoms with Gasteiger partial charge in [0.15, 0.2) is 0 Å². The van der Waals surface area contributed by atoms with Crippen LogP contribution in [0.5, 0.6) is 0 Å². The Hall–Kier alpha value is -3.01. The summed E-state index contributed by atoms with van der Waals surface area (Å²) in [5.74, 6) is 0.770. The van der Waals surface area contributed by atoms with Gasteiger partial charge in [0.05, 0.1) is 11.4 Å². The Kier molecular flexibility index (Phi) is 3.98. The number of nitrogens with one attached hydrogen (secondary N) is 3. The zero-order valence-electron chi connectivity index (χ0n) is 11.5. The van der Waals surface area contributed by atoms with Crippen LogP contribution in [0.1, 0.15) is 0 Å². The lowest BCUT2D eigenvalue weighted by atomic mass is 10.2. The molecule has 3 N–H and O–H groups in total. The zero-order valence-corrected chi connectivity index (χ0v) is 11.5. The number of anilines is 4. The molecule has 0 saturated carbocycles. The first-order chi connectivity index (χ1) is 10.4. The summed E-state index contributed by atoms with van der Waals surface area (Å²) >= 11 is 0. The quantitative estimate of drug-likeness (QED) is 0.609. The van der Waals surface area contributed by atoms with Crippen molar-refractivity contribution in [1.29, 1.82) is 0 Å². The first-order valence-electron chi connectivity index (χ1n) is 6.76. The Labute approximate surface area is 123 Å². The molecule has 0 aliphatic carbocycles. The van der Waals surface area contributed by atoms with Gasteiger partial charge < -0.3 is 5.32 Å². The average molecular weight is 276 g/mol. The summed E-state index contributed by atoms with van der Waals surface area (Å²) in [5, 5.41) is 3.39. The molecule has 0 aliphatic heterocycles. The highest BCUT2D eigenvalue weighted by molar-refractivity contribution is 5.75. The van der Waals surface area contributed by atoms with E-state index in [0.717, 1.165) is 22.9 Å². The number of hydrazine groups is 1. The van der Waals surface area contributed by atoms with E-state index in [1.54, 1.807) is 6.20 Å². The second-order valence-corrected chi connectivity index (χ2v) is 4.50. The van der Waals surface area contributed by atoms with Crippen molar-refractivity contribution in [2.24, 2.45) is 0 Å². The van der Waals surface area contributed by atoms with Gasteiger partial charge in [-0.15, -0.1) is 0 Å². The Morgan fingerprint density at radius 2 is 1.33 bits per heavy atom. The molecule has 4 heteroatoms. The van der Waals surface area contributed by atoms with Crippen LogP contribution >= 0.6 is 0 Å². The van der Waals surface area contributed by atoms with Crippen molar-refractivity contribution in [2.75, 3.05) is 16.2 Å². The zero-order chi connectivity index (χ0) is 14.3. The second-order valence-electron chi connectivity index (χ2n) is 4.50. The number of aromatic nitrogens is 1. The molecule has 3 rings (SSSR count). The highest BCUT2D eigenvalue weighted by Gasteiger charge is 2.01. The first kappa shape index (κ1) is 13.0. The number of pyridine rings is 1. The van der Waals surface area contributed by atoms with Crippen LogP contribution in [0.3, 0.4) is 0 Å². The van der Waals surface area contributed by atoms with Gasteiger partial charge >= 0.3 is 0 Å². The minimum atomic E-state index is 0.770. The van der Waals surface area contributed by atoms with Gasteiger partial charge in [0.1, 0.15) is 5.82 Å². The van der Waals surface area contributed by atoms with Crippen molar-refractivity contribution in [1.82, 2.24) is 4.98 Å². The van der Waals surface area contributed by atoms with Crippen LogP contribution < -0.4 is 16.2 Å². The predicted octanol–water partition coefficient (Wildman–Crippen LogP) is 4.26. The molecule has 0 bridgehead atoms. The van der Waals surface area contributed by atoms with Crippen molar-refractivity contribution < 1.29 is 0 Å². The van der Waals surface area contributed by atoms with Gasteiger partial charge in [0.25, 0.3) is 0 Å². The standard InChI is InChI=1S/C17H16N4/c1-2-8-14(9-3-1)19-15-10-4-5-11-16(15)20-21-17-12-6-7-13-18-17/h1-13,19-20H,(H,18,21). The lowest BCUT2D eigenvalue weighted by Crippen LogP contribution is -2.11. The molecule has 0 amide bonds. The summed E-state index contributed by atoms with van der Waals surface area (Å²) in [5.41, 5.74) is 9.25. The molecule has 0 radical (unpaired) electrons. The molecule has 4 nitrogen and oxygen atoms in total. The van der Waals surface area contributed by atoms with E-state index in [2.05, 4.69) is 21.2 Å². The van der Waals surface area contributed by atoms with Crippen LogP contribution in [0.2, 0.25) is 0 Å². The second kappa shape index (κ2) is 6.43. The molecule has 104 valence electrons. The fourth-order valence-electron chi connectivity index (χ4n) is 1.95. The smallest absolute Gasteiger partial charge is 0.144 e. The third-order valence-corrected chi connectivity index (χ3v) is 2.97. The number of hydrogen-bond acceptors (Lipinski definition) is 4. The maximum Gasteiger partial charge on any atom is 0.144 e. The molecule has 1 heterocycles. The number of para-hydroxylation sites is 3. The van der Waals surface area contributed by atoms with Crippen molar-refractivity contribution in [2.45, 2.75) is 0 Å². The Morgan fingerprint density at radius 3 is 2.10 bits per heavy atom. The van der Waals surface area contributed by atoms with Gasteiger partial charge in [-0.1, -0.05) is 36.4 Å². The van der Waals surface area contributed by atoms with Crippen LogP contribution in [-0.4, -0.2) is 4.98 Å². The number of rotatable bonds is 5. The Morgan fingerprint density at radius 1 is 0.619 bits per heavy atom. The molecule has 3 aromatic rings. The molecular weight excluding hydrogens is 260 g/mol. The molecule has 0 saturated heterocycles. The first-order valence-corrected chi connectivity index (χ1v) is 6.76. The lowest BCUT2D eigenvalue weighted by molar-refractivity contribution is 1.26. The molecule has 2 aromatic carbocycles. The number of hydrogen-bond donors (Lipinski definition) is 3. The molecule has 0 atom stereocenters. The average Bonchev–Trinajstić information content (AvgIpc) is 2.56. The minimum absolute atomic E-state index is 0.770. The SMILES string of the molecule is c1ccc(Nc2ccccc2NNc2ccccn2)cc1. The summed E-state index contributed by atoms with van der Waals surface area (Å²) in [6, 6.07) is 23.8. The van der Waals surface area contributed by atoms with Crippen molar-refractivity contribution >= 4 is 22.9 Å². The van der Waals surface area contributed by atoms with E-state index >= 15 is 0 Å². The Balaban J connectivity index is 1.73. The van der Waals surface area contributed by atoms with Crippen LogP contribution in [0.25, 0.3) is 0 Å². The van der Waals surface area contributed by atoms with Crippen LogP contribution in [0, 0.1) is 0 Å². The predicted molar refractivity (Wildman–Crippen MR) is 87.6 cm³/mol. The highest BCUT2D eigenvalue weighted by atomic mass is 15.4. The van der Waals surface area contributed by atoms with Gasteiger partial charge in [0.2, 0.25) is 0 Å². The topological polar surface area (TPSA) is 49.0 Å². The van der Waals surface area contributed by atoms with Crippen molar-refractivity contribution in [3.8, 4) is 0 Å². The largest absolute Gasteiger partial charge is 0.354 e. The fraction of sp³-hybridized carbons (Fsp3) is 0. The van der Waals surface area contributed by atoms with Gasteiger partial charge in [0, 0.05) is 11.9 Å². The normalized spacial score (nSPS) is 9.90. The number of nitrogens with zero attached hydrogens (tertiary/aromatic N) is 1. The maximum absolute atomic E-state index is 4.21. The molecule has 0 aliphatic rings. The van der Waals surface area contributed by atoms with Gasteiger partial charge in [-0.05, 0) is 36.4 Å². The van der Waals surface area contributed by atoms with E-state index in [0.29, 0.717) is 0 Å². The summed E-state index contributed by atoms with van der Waals surface area (Å²) in [7, 11) is 0. The lowest BCUT2D eigenvalue weighted by Gasteiger charge is -2.14. The molecule has 0 spiro atoms. The van der Waals surface area contributed by atoms with E-state index in [-0.39, 0.29) is 0 Å². The summed E-state index contributed by atoms with van der Waals surface area (Å²) in [4.78, 5) is 4.21. The number of benzene rings is 2. The third kappa shape index (κ3) is 3.51. The van der Waals surface area contributed by atoms with E-state index in [1.807, 2.05) is 72.8 Å². The van der Waals surface area contributed by atoms with Gasteiger partial charge in [-0.3, -0.25) is 10.9 Å². The molecule has 1 aromatic heterocycles. The monoisotopic (exact) mass is 276 g/mol. The minimum Gasteiger partial charge on any atom is -0.354 e. The van der Waals surface area contributed by atoms with Crippen LogP contribution in [0.15, 0.2) is 79.0 Å². The molecule has 0 fully saturated rings. The summed E-state index contributed by atoms with van der Waals surface area (Å²) < 4.78 is 0. The van der Waals surface area contributed by atoms with Crippen LogP contribution in [0.4, 0.5) is 22.9 Å². The Bertz CT molecular complexity index is 683. The fourth-order valence-corrected chi connectivity index (χ4v) is 1.95. The van der Waals surface area contributed by atoms with Crippen molar-refractivity contribution in [3.05, 3.63) is 79.0 Å². The highest BCUT2D eigenvalue weighted by Crippen LogP contribution is 2.24. The third-order valence-electron chi connectivity index (χ3n) is 2.97. The summed E-state index contributed by atoms with van der Waals surface area (Å²) in [6.07, 6.45) is 1.75. The van der Waals surface area contributed by atoms with E-state index in [4.69, 9.17) is 0 Å². The molecule has 0 unspecified atom stereocenters. The molecule has 21 heavy (non-hydrogen) atoms. The van der Waals surface area contributed by atoms with Gasteiger partial charge in [-0.25, -0.2) is 4.98 Å². The maximum atomic E-state index is 4.21. The van der Waals surface area contributed by atoms with E-state index in [1.165, 1.54) is 0 Å². The molecular formula is C17H16N4.